The Morgan fingerprint density at radius 2 is 2.11 bits per heavy atom. The van der Waals surface area contributed by atoms with Crippen LogP contribution < -0.4 is 0 Å². The summed E-state index contributed by atoms with van der Waals surface area (Å²) in [6.45, 7) is 10.0. The molecular weight excluding hydrogens is 222 g/mol. The topological polar surface area (TPSA) is 25.2 Å². The van der Waals surface area contributed by atoms with Gasteiger partial charge in [0.15, 0.2) is 0 Å². The molecule has 1 aromatic heterocycles. The van der Waals surface area contributed by atoms with Crippen LogP contribution in [0.3, 0.4) is 0 Å². The van der Waals surface area contributed by atoms with E-state index in [4.69, 9.17) is 0 Å². The van der Waals surface area contributed by atoms with Gasteiger partial charge in [0.25, 0.3) is 0 Å². The van der Waals surface area contributed by atoms with E-state index >= 15 is 0 Å². The summed E-state index contributed by atoms with van der Waals surface area (Å²) in [5.74, 6) is 0. The van der Waals surface area contributed by atoms with Crippen molar-refractivity contribution < 1.29 is 5.11 Å². The molecule has 2 rings (SSSR count). The largest absolute Gasteiger partial charge is 0.388 e. The van der Waals surface area contributed by atoms with Crippen LogP contribution in [0.4, 0.5) is 0 Å². The molecule has 0 saturated heterocycles. The number of rotatable bonds is 4. The van der Waals surface area contributed by atoms with Gasteiger partial charge in [-0.25, -0.2) is 0 Å². The summed E-state index contributed by atoms with van der Waals surface area (Å²) in [6, 6.07) is 2.20. The molecule has 0 amide bonds. The van der Waals surface area contributed by atoms with Crippen molar-refractivity contribution in [1.29, 1.82) is 0 Å². The van der Waals surface area contributed by atoms with E-state index in [1.807, 2.05) is 0 Å². The number of hydrogen-bond donors (Lipinski definition) is 1. The molecule has 1 aliphatic carbocycles. The molecule has 2 nitrogen and oxygen atoms in total. The third kappa shape index (κ3) is 2.64. The van der Waals surface area contributed by atoms with Crippen molar-refractivity contribution in [2.45, 2.75) is 72.4 Å². The number of hydrogen-bond acceptors (Lipinski definition) is 1. The molecule has 0 fully saturated rings. The maximum absolute atomic E-state index is 10.3. The quantitative estimate of drug-likeness (QED) is 0.802. The number of aliphatic hydroxyl groups is 1. The van der Waals surface area contributed by atoms with Crippen LogP contribution in [0.25, 0.3) is 0 Å². The number of unbranched alkanes of at least 4 members (excludes halogenated alkanes) is 2. The van der Waals surface area contributed by atoms with Crippen molar-refractivity contribution in [3.05, 3.63) is 23.0 Å². The Morgan fingerprint density at radius 1 is 1.39 bits per heavy atom. The van der Waals surface area contributed by atoms with E-state index in [1.165, 1.54) is 36.2 Å². The number of fused-ring (bicyclic) bond motifs is 1. The summed E-state index contributed by atoms with van der Waals surface area (Å²) in [7, 11) is 0. The van der Waals surface area contributed by atoms with Gasteiger partial charge in [-0.2, -0.15) is 0 Å². The van der Waals surface area contributed by atoms with Crippen molar-refractivity contribution in [2.24, 2.45) is 5.41 Å². The SMILES string of the molecule is CCCCCn1c(C)cc2c1CC(C)(C)CC2O. The van der Waals surface area contributed by atoms with Gasteiger partial charge in [0.1, 0.15) is 0 Å². The molecule has 0 spiro atoms. The van der Waals surface area contributed by atoms with Crippen molar-refractivity contribution in [3.8, 4) is 0 Å². The maximum Gasteiger partial charge on any atom is 0.0812 e. The van der Waals surface area contributed by atoms with Gasteiger partial charge in [-0.1, -0.05) is 33.6 Å². The van der Waals surface area contributed by atoms with E-state index < -0.39 is 0 Å². The third-order valence-electron chi connectivity index (χ3n) is 4.19. The highest BCUT2D eigenvalue weighted by Crippen LogP contribution is 2.41. The Morgan fingerprint density at radius 3 is 2.78 bits per heavy atom. The van der Waals surface area contributed by atoms with Gasteiger partial charge in [0.05, 0.1) is 6.10 Å². The van der Waals surface area contributed by atoms with Gasteiger partial charge in [0, 0.05) is 23.5 Å². The molecule has 18 heavy (non-hydrogen) atoms. The van der Waals surface area contributed by atoms with Gasteiger partial charge >= 0.3 is 0 Å². The summed E-state index contributed by atoms with van der Waals surface area (Å²) in [5, 5.41) is 10.3. The molecule has 0 bridgehead atoms. The Bertz CT molecular complexity index is 417. The highest BCUT2D eigenvalue weighted by atomic mass is 16.3. The summed E-state index contributed by atoms with van der Waals surface area (Å²) in [6.07, 6.45) is 5.51. The third-order valence-corrected chi connectivity index (χ3v) is 4.19. The second-order valence-electron chi connectivity index (χ2n) is 6.61. The van der Waals surface area contributed by atoms with Crippen LogP contribution in [0, 0.1) is 12.3 Å². The molecule has 1 atom stereocenters. The van der Waals surface area contributed by atoms with Crippen molar-refractivity contribution in [2.75, 3.05) is 0 Å². The lowest BCUT2D eigenvalue weighted by molar-refractivity contribution is 0.0979. The minimum Gasteiger partial charge on any atom is -0.388 e. The van der Waals surface area contributed by atoms with Gasteiger partial charge in [-0.05, 0) is 37.7 Å². The van der Waals surface area contributed by atoms with Crippen LogP contribution in [-0.4, -0.2) is 9.67 Å². The summed E-state index contributed by atoms with van der Waals surface area (Å²) in [4.78, 5) is 0. The summed E-state index contributed by atoms with van der Waals surface area (Å²) >= 11 is 0. The molecule has 1 aromatic rings. The first-order chi connectivity index (χ1) is 8.44. The number of aliphatic hydroxyl groups excluding tert-OH is 1. The molecule has 1 heterocycles. The normalized spacial score (nSPS) is 21.9. The Kier molecular flexibility index (Phi) is 3.86. The standard InChI is InChI=1S/C16H27NO/c1-5-6-7-8-17-12(2)9-13-14(17)10-16(3,4)11-15(13)18/h9,15,18H,5-8,10-11H2,1-4H3. The van der Waals surface area contributed by atoms with Crippen LogP contribution in [0.5, 0.6) is 0 Å². The lowest BCUT2D eigenvalue weighted by Gasteiger charge is -2.34. The summed E-state index contributed by atoms with van der Waals surface area (Å²) < 4.78 is 2.44. The zero-order valence-corrected chi connectivity index (χ0v) is 12.3. The van der Waals surface area contributed by atoms with E-state index in [0.717, 1.165) is 19.4 Å². The number of aryl methyl sites for hydroxylation is 1. The fraction of sp³-hybridized carbons (Fsp3) is 0.750. The minimum atomic E-state index is -0.269. The summed E-state index contributed by atoms with van der Waals surface area (Å²) in [5.41, 5.74) is 4.10. The minimum absolute atomic E-state index is 0.222. The van der Waals surface area contributed by atoms with Crippen molar-refractivity contribution >= 4 is 0 Å². The molecule has 2 heteroatoms. The predicted molar refractivity (Wildman–Crippen MR) is 75.8 cm³/mol. The average molecular weight is 249 g/mol. The first-order valence-electron chi connectivity index (χ1n) is 7.31. The van der Waals surface area contributed by atoms with E-state index in [0.29, 0.717) is 0 Å². The molecule has 0 aromatic carbocycles. The van der Waals surface area contributed by atoms with Gasteiger partial charge in [-0.15, -0.1) is 0 Å². The molecular formula is C16H27NO. The first kappa shape index (κ1) is 13.7. The highest BCUT2D eigenvalue weighted by molar-refractivity contribution is 5.33. The molecule has 0 saturated carbocycles. The van der Waals surface area contributed by atoms with Crippen LogP contribution in [0.15, 0.2) is 6.07 Å². The van der Waals surface area contributed by atoms with Crippen LogP contribution in [0.2, 0.25) is 0 Å². The van der Waals surface area contributed by atoms with Crippen molar-refractivity contribution in [1.82, 2.24) is 4.57 Å². The zero-order valence-electron chi connectivity index (χ0n) is 12.3. The Balaban J connectivity index is 2.26. The first-order valence-corrected chi connectivity index (χ1v) is 7.31. The Hall–Kier alpha value is -0.760. The van der Waals surface area contributed by atoms with E-state index in [-0.39, 0.29) is 11.5 Å². The van der Waals surface area contributed by atoms with Crippen LogP contribution in [0.1, 0.15) is 69.5 Å². The van der Waals surface area contributed by atoms with Crippen LogP contribution >= 0.6 is 0 Å². The Labute approximate surface area is 111 Å². The molecule has 1 N–H and O–H groups in total. The molecule has 0 radical (unpaired) electrons. The molecule has 102 valence electrons. The lowest BCUT2D eigenvalue weighted by Crippen LogP contribution is -2.27. The highest BCUT2D eigenvalue weighted by Gasteiger charge is 2.33. The fourth-order valence-corrected chi connectivity index (χ4v) is 3.23. The number of nitrogens with zero attached hydrogens (tertiary/aromatic N) is 1. The van der Waals surface area contributed by atoms with Gasteiger partial charge < -0.3 is 9.67 Å². The predicted octanol–water partition coefficient (Wildman–Crippen LogP) is 3.99. The lowest BCUT2D eigenvalue weighted by atomic mass is 9.75. The average Bonchev–Trinajstić information content (AvgIpc) is 2.56. The van der Waals surface area contributed by atoms with E-state index in [2.05, 4.69) is 38.3 Å². The van der Waals surface area contributed by atoms with Gasteiger partial charge in [0.2, 0.25) is 0 Å². The smallest absolute Gasteiger partial charge is 0.0812 e. The maximum atomic E-state index is 10.3. The van der Waals surface area contributed by atoms with Crippen LogP contribution in [-0.2, 0) is 13.0 Å². The van der Waals surface area contributed by atoms with Crippen molar-refractivity contribution in [3.63, 3.8) is 0 Å². The second-order valence-corrected chi connectivity index (χ2v) is 6.61. The monoisotopic (exact) mass is 249 g/mol. The molecule has 1 unspecified atom stereocenters. The zero-order chi connectivity index (χ0) is 13.3. The van der Waals surface area contributed by atoms with Gasteiger partial charge in [-0.3, -0.25) is 0 Å². The van der Waals surface area contributed by atoms with E-state index in [1.54, 1.807) is 0 Å². The van der Waals surface area contributed by atoms with E-state index in [9.17, 15) is 5.11 Å². The number of aromatic nitrogens is 1. The molecule has 1 aliphatic rings. The fourth-order valence-electron chi connectivity index (χ4n) is 3.23. The second kappa shape index (κ2) is 5.08. The molecule has 0 aliphatic heterocycles.